The number of nitrogens with zero attached hydrogens (tertiary/aromatic N) is 1. The van der Waals surface area contributed by atoms with Gasteiger partial charge in [-0.1, -0.05) is 12.5 Å². The van der Waals surface area contributed by atoms with Crippen LogP contribution < -0.4 is 20.1 Å². The Balaban J connectivity index is 0.00000338. The molecule has 0 saturated heterocycles. The molecule has 7 heteroatoms. The minimum absolute atomic E-state index is 0. The molecule has 0 amide bonds. The molecule has 0 radical (unpaired) electrons. The molecule has 0 aliphatic heterocycles. The Morgan fingerprint density at radius 3 is 2.77 bits per heavy atom. The zero-order chi connectivity index (χ0) is 18.1. The maximum absolute atomic E-state index is 5.65. The molecule has 2 unspecified atom stereocenters. The molecule has 2 N–H and O–H groups in total. The lowest BCUT2D eigenvalue weighted by atomic mass is 9.95. The van der Waals surface area contributed by atoms with Gasteiger partial charge >= 0.3 is 0 Å². The first-order chi connectivity index (χ1) is 12.2. The van der Waals surface area contributed by atoms with Gasteiger partial charge in [-0.15, -0.1) is 24.0 Å². The van der Waals surface area contributed by atoms with Crippen molar-refractivity contribution in [3.05, 3.63) is 23.8 Å². The number of ether oxygens (including phenoxy) is 2. The van der Waals surface area contributed by atoms with Gasteiger partial charge in [0, 0.05) is 24.9 Å². The average Bonchev–Trinajstić information content (AvgIpc) is 2.65. The van der Waals surface area contributed by atoms with E-state index in [0.29, 0.717) is 19.2 Å². The maximum atomic E-state index is 5.65. The van der Waals surface area contributed by atoms with E-state index < -0.39 is 0 Å². The summed E-state index contributed by atoms with van der Waals surface area (Å²) < 4.78 is 11.0. The second-order valence-corrected chi connectivity index (χ2v) is 7.35. The van der Waals surface area contributed by atoms with Crippen molar-refractivity contribution in [3.8, 4) is 11.5 Å². The molecule has 5 nitrogen and oxygen atoms in total. The number of hydrogen-bond acceptors (Lipinski definition) is 4. The number of hydrogen-bond donors (Lipinski definition) is 2. The Labute approximate surface area is 179 Å². The SMILES string of the molecule is CCOc1cc(CNC(=NC)NC2CCCC(SC)C2)ccc1OC.I. The fourth-order valence-electron chi connectivity index (χ4n) is 3.16. The van der Waals surface area contributed by atoms with Crippen LogP contribution in [-0.4, -0.2) is 44.3 Å². The third-order valence-corrected chi connectivity index (χ3v) is 5.61. The lowest BCUT2D eigenvalue weighted by molar-refractivity contribution is 0.310. The molecular formula is C19H32IN3O2S. The molecule has 1 aliphatic rings. The predicted octanol–water partition coefficient (Wildman–Crippen LogP) is 4.05. The van der Waals surface area contributed by atoms with Crippen LogP contribution in [0.4, 0.5) is 0 Å². The number of thioether (sulfide) groups is 1. The van der Waals surface area contributed by atoms with E-state index in [4.69, 9.17) is 9.47 Å². The van der Waals surface area contributed by atoms with E-state index in [1.807, 2.05) is 43.9 Å². The summed E-state index contributed by atoms with van der Waals surface area (Å²) in [6.45, 7) is 3.29. The summed E-state index contributed by atoms with van der Waals surface area (Å²) in [5.74, 6) is 2.40. The first kappa shape index (κ1) is 23.2. The van der Waals surface area contributed by atoms with E-state index in [-0.39, 0.29) is 24.0 Å². The highest BCUT2D eigenvalue weighted by molar-refractivity contribution is 14.0. The van der Waals surface area contributed by atoms with Crippen molar-refractivity contribution in [1.29, 1.82) is 0 Å². The third-order valence-electron chi connectivity index (χ3n) is 4.51. The standard InChI is InChI=1S/C19H31N3O2S.HI/c1-5-24-18-11-14(9-10-17(18)23-3)13-21-19(20-2)22-15-7-6-8-16(12-15)25-4;/h9-11,15-16H,5-8,12-13H2,1-4H3,(H2,20,21,22);1H. The van der Waals surface area contributed by atoms with E-state index in [1.54, 1.807) is 7.11 Å². The normalized spacial score (nSPS) is 20.1. The smallest absolute Gasteiger partial charge is 0.191 e. The van der Waals surface area contributed by atoms with Crippen LogP contribution in [0.15, 0.2) is 23.2 Å². The van der Waals surface area contributed by atoms with Gasteiger partial charge < -0.3 is 20.1 Å². The lowest BCUT2D eigenvalue weighted by Gasteiger charge is -2.29. The van der Waals surface area contributed by atoms with Crippen molar-refractivity contribution in [2.24, 2.45) is 4.99 Å². The van der Waals surface area contributed by atoms with E-state index in [9.17, 15) is 0 Å². The van der Waals surface area contributed by atoms with Crippen LogP contribution in [0.5, 0.6) is 11.5 Å². The Morgan fingerprint density at radius 1 is 1.31 bits per heavy atom. The monoisotopic (exact) mass is 493 g/mol. The number of benzene rings is 1. The molecule has 0 spiro atoms. The Morgan fingerprint density at radius 2 is 2.12 bits per heavy atom. The minimum Gasteiger partial charge on any atom is -0.493 e. The van der Waals surface area contributed by atoms with Crippen LogP contribution in [0, 0.1) is 0 Å². The number of halogens is 1. The molecule has 2 rings (SSSR count). The van der Waals surface area contributed by atoms with Crippen LogP contribution in [-0.2, 0) is 6.54 Å². The van der Waals surface area contributed by atoms with E-state index in [0.717, 1.165) is 28.3 Å². The number of nitrogens with one attached hydrogen (secondary N) is 2. The van der Waals surface area contributed by atoms with Crippen molar-refractivity contribution in [2.75, 3.05) is 27.0 Å². The topological polar surface area (TPSA) is 54.9 Å². The summed E-state index contributed by atoms with van der Waals surface area (Å²) in [6, 6.07) is 6.52. The Kier molecular flexibility index (Phi) is 11.2. The molecule has 0 bridgehead atoms. The Bertz CT molecular complexity index is 572. The van der Waals surface area contributed by atoms with Crippen LogP contribution in [0.2, 0.25) is 0 Å². The molecule has 2 atom stereocenters. The van der Waals surface area contributed by atoms with Crippen LogP contribution in [0.1, 0.15) is 38.2 Å². The molecule has 1 saturated carbocycles. The largest absolute Gasteiger partial charge is 0.493 e. The number of guanidine groups is 1. The first-order valence-corrected chi connectivity index (χ1v) is 10.3. The second-order valence-electron chi connectivity index (χ2n) is 6.21. The minimum atomic E-state index is 0. The summed E-state index contributed by atoms with van der Waals surface area (Å²) in [6.07, 6.45) is 7.25. The summed E-state index contributed by atoms with van der Waals surface area (Å²) in [5, 5.41) is 7.74. The van der Waals surface area contributed by atoms with Crippen LogP contribution in [0.25, 0.3) is 0 Å². The van der Waals surface area contributed by atoms with E-state index in [1.165, 1.54) is 25.7 Å². The average molecular weight is 493 g/mol. The van der Waals surface area contributed by atoms with Gasteiger partial charge in [-0.25, -0.2) is 0 Å². The highest BCUT2D eigenvalue weighted by atomic mass is 127. The number of rotatable bonds is 7. The molecule has 1 fully saturated rings. The summed E-state index contributed by atoms with van der Waals surface area (Å²) in [5.41, 5.74) is 1.14. The van der Waals surface area contributed by atoms with Gasteiger partial charge in [0.1, 0.15) is 0 Å². The van der Waals surface area contributed by atoms with Crippen LogP contribution in [0.3, 0.4) is 0 Å². The molecule has 0 aromatic heterocycles. The van der Waals surface area contributed by atoms with Gasteiger partial charge in [-0.05, 0) is 50.1 Å². The number of methoxy groups -OCH3 is 1. The number of aliphatic imine (C=N–C) groups is 1. The van der Waals surface area contributed by atoms with E-state index >= 15 is 0 Å². The fraction of sp³-hybridized carbons (Fsp3) is 0.632. The second kappa shape index (κ2) is 12.5. The van der Waals surface area contributed by atoms with Crippen molar-refractivity contribution in [3.63, 3.8) is 0 Å². The summed E-state index contributed by atoms with van der Waals surface area (Å²) in [4.78, 5) is 4.37. The molecule has 0 heterocycles. The summed E-state index contributed by atoms with van der Waals surface area (Å²) >= 11 is 1.98. The molecular weight excluding hydrogens is 461 g/mol. The van der Waals surface area contributed by atoms with Gasteiger partial charge in [-0.2, -0.15) is 11.8 Å². The predicted molar refractivity (Wildman–Crippen MR) is 122 cm³/mol. The zero-order valence-corrected chi connectivity index (χ0v) is 19.4. The molecule has 1 aliphatic carbocycles. The zero-order valence-electron chi connectivity index (χ0n) is 16.2. The van der Waals surface area contributed by atoms with Gasteiger partial charge in [0.15, 0.2) is 17.5 Å². The van der Waals surface area contributed by atoms with Crippen molar-refractivity contribution in [1.82, 2.24) is 10.6 Å². The van der Waals surface area contributed by atoms with Gasteiger partial charge in [-0.3, -0.25) is 4.99 Å². The fourth-order valence-corrected chi connectivity index (χ4v) is 3.99. The van der Waals surface area contributed by atoms with Gasteiger partial charge in [0.2, 0.25) is 0 Å². The first-order valence-electron chi connectivity index (χ1n) is 8.99. The molecule has 148 valence electrons. The highest BCUT2D eigenvalue weighted by Crippen LogP contribution is 2.28. The van der Waals surface area contributed by atoms with Gasteiger partial charge in [0.05, 0.1) is 13.7 Å². The van der Waals surface area contributed by atoms with Crippen molar-refractivity contribution >= 4 is 41.7 Å². The van der Waals surface area contributed by atoms with Crippen LogP contribution >= 0.6 is 35.7 Å². The van der Waals surface area contributed by atoms with Crippen molar-refractivity contribution < 1.29 is 9.47 Å². The third kappa shape index (κ3) is 7.06. The quantitative estimate of drug-likeness (QED) is 0.341. The molecule has 26 heavy (non-hydrogen) atoms. The van der Waals surface area contributed by atoms with Gasteiger partial charge in [0.25, 0.3) is 0 Å². The van der Waals surface area contributed by atoms with E-state index in [2.05, 4.69) is 21.9 Å². The Hall–Kier alpha value is -0.830. The maximum Gasteiger partial charge on any atom is 0.191 e. The molecule has 1 aromatic rings. The summed E-state index contributed by atoms with van der Waals surface area (Å²) in [7, 11) is 3.48. The highest BCUT2D eigenvalue weighted by Gasteiger charge is 2.21. The van der Waals surface area contributed by atoms with Crippen molar-refractivity contribution in [2.45, 2.75) is 50.4 Å². The lowest BCUT2D eigenvalue weighted by Crippen LogP contribution is -2.45. The molecule has 1 aromatic carbocycles.